The molecular formula is C21H23N3O3. The number of aryl methyl sites for hydroxylation is 2. The molecule has 0 aliphatic carbocycles. The predicted molar refractivity (Wildman–Crippen MR) is 105 cm³/mol. The highest BCUT2D eigenvalue weighted by Gasteiger charge is 2.15. The van der Waals surface area contributed by atoms with Gasteiger partial charge in [-0.05, 0) is 44.2 Å². The maximum atomic E-state index is 12.8. The van der Waals surface area contributed by atoms with E-state index >= 15 is 0 Å². The Morgan fingerprint density at radius 1 is 1.15 bits per heavy atom. The average molecular weight is 365 g/mol. The van der Waals surface area contributed by atoms with Crippen LogP contribution < -0.4 is 10.4 Å². The van der Waals surface area contributed by atoms with E-state index in [-0.39, 0.29) is 11.6 Å². The molecule has 140 valence electrons. The van der Waals surface area contributed by atoms with E-state index in [1.807, 2.05) is 32.0 Å². The van der Waals surface area contributed by atoms with Crippen LogP contribution in [0.3, 0.4) is 0 Å². The van der Waals surface area contributed by atoms with E-state index in [4.69, 9.17) is 4.74 Å². The number of benzene rings is 2. The Labute approximate surface area is 158 Å². The van der Waals surface area contributed by atoms with Crippen molar-refractivity contribution < 1.29 is 9.53 Å². The van der Waals surface area contributed by atoms with Gasteiger partial charge in [-0.2, -0.15) is 0 Å². The first-order valence-electron chi connectivity index (χ1n) is 8.67. The van der Waals surface area contributed by atoms with Crippen LogP contribution >= 0.6 is 0 Å². The normalized spacial score (nSPS) is 10.7. The quantitative estimate of drug-likeness (QED) is 0.756. The summed E-state index contributed by atoms with van der Waals surface area (Å²) in [6, 6.07) is 12.9. The summed E-state index contributed by atoms with van der Waals surface area (Å²) in [5.41, 5.74) is 3.97. The molecule has 0 aliphatic rings. The van der Waals surface area contributed by atoms with Crippen molar-refractivity contribution in [2.45, 2.75) is 20.4 Å². The molecule has 3 aromatic rings. The maximum absolute atomic E-state index is 12.8. The second-order valence-electron chi connectivity index (χ2n) is 6.59. The van der Waals surface area contributed by atoms with Gasteiger partial charge in [-0.1, -0.05) is 17.7 Å². The van der Waals surface area contributed by atoms with Gasteiger partial charge in [0.15, 0.2) is 0 Å². The van der Waals surface area contributed by atoms with E-state index in [1.54, 1.807) is 54.1 Å². The maximum Gasteiger partial charge on any atom is 0.330 e. The molecule has 1 amide bonds. The van der Waals surface area contributed by atoms with Gasteiger partial charge in [0.2, 0.25) is 0 Å². The Morgan fingerprint density at radius 2 is 1.85 bits per heavy atom. The highest BCUT2D eigenvalue weighted by Crippen LogP contribution is 2.22. The number of aromatic amines is 1. The fourth-order valence-corrected chi connectivity index (χ4v) is 3.11. The Bertz CT molecular complexity index is 1020. The largest absolute Gasteiger partial charge is 0.496 e. The number of nitrogens with one attached hydrogen (secondary N) is 1. The third-order valence-electron chi connectivity index (χ3n) is 4.52. The van der Waals surface area contributed by atoms with Crippen LogP contribution in [0.4, 0.5) is 0 Å². The molecule has 0 radical (unpaired) electrons. The van der Waals surface area contributed by atoms with Gasteiger partial charge < -0.3 is 14.6 Å². The van der Waals surface area contributed by atoms with Crippen molar-refractivity contribution in [1.29, 1.82) is 0 Å². The van der Waals surface area contributed by atoms with Crippen LogP contribution in [0.5, 0.6) is 5.75 Å². The first-order chi connectivity index (χ1) is 12.9. The molecule has 1 aromatic heterocycles. The second-order valence-corrected chi connectivity index (χ2v) is 6.59. The zero-order valence-corrected chi connectivity index (χ0v) is 15.9. The molecule has 2 aromatic carbocycles. The zero-order valence-electron chi connectivity index (χ0n) is 15.9. The average Bonchev–Trinajstić information content (AvgIpc) is 3.00. The van der Waals surface area contributed by atoms with E-state index in [2.05, 4.69) is 4.98 Å². The van der Waals surface area contributed by atoms with Crippen LogP contribution in [-0.4, -0.2) is 34.5 Å². The van der Waals surface area contributed by atoms with Gasteiger partial charge in [-0.25, -0.2) is 4.79 Å². The van der Waals surface area contributed by atoms with Crippen LogP contribution in [0.25, 0.3) is 5.69 Å². The zero-order chi connectivity index (χ0) is 19.6. The summed E-state index contributed by atoms with van der Waals surface area (Å²) in [6.07, 6.45) is 1.66. The summed E-state index contributed by atoms with van der Waals surface area (Å²) in [5.74, 6) is 0.668. The van der Waals surface area contributed by atoms with Crippen LogP contribution in [0, 0.1) is 13.8 Å². The van der Waals surface area contributed by atoms with Crippen LogP contribution in [0.15, 0.2) is 53.5 Å². The number of H-pyrrole nitrogens is 1. The van der Waals surface area contributed by atoms with Crippen molar-refractivity contribution in [3.8, 4) is 11.4 Å². The molecule has 0 saturated carbocycles. The minimum absolute atomic E-state index is 0.0942. The summed E-state index contributed by atoms with van der Waals surface area (Å²) in [6.45, 7) is 4.30. The number of hydrogen-bond acceptors (Lipinski definition) is 3. The summed E-state index contributed by atoms with van der Waals surface area (Å²) in [4.78, 5) is 29.0. The summed E-state index contributed by atoms with van der Waals surface area (Å²) < 4.78 is 6.96. The SMILES string of the molecule is COc1ccc(C)cc1CN(C)C(=O)c1ccc(-n2c(C)c[nH]c2=O)cc1. The number of amides is 1. The summed E-state index contributed by atoms with van der Waals surface area (Å²) in [7, 11) is 3.39. The molecule has 0 unspecified atom stereocenters. The molecule has 0 atom stereocenters. The molecule has 1 heterocycles. The Hall–Kier alpha value is -3.28. The highest BCUT2D eigenvalue weighted by molar-refractivity contribution is 5.94. The monoisotopic (exact) mass is 365 g/mol. The topological polar surface area (TPSA) is 67.3 Å². The van der Waals surface area contributed by atoms with Gasteiger partial charge >= 0.3 is 5.69 Å². The lowest BCUT2D eigenvalue weighted by molar-refractivity contribution is 0.0784. The van der Waals surface area contributed by atoms with Crippen molar-refractivity contribution in [3.05, 3.63) is 81.5 Å². The Balaban J connectivity index is 1.80. The van der Waals surface area contributed by atoms with Crippen LogP contribution in [0.2, 0.25) is 0 Å². The van der Waals surface area contributed by atoms with Gasteiger partial charge in [-0.15, -0.1) is 0 Å². The number of aromatic nitrogens is 2. The number of hydrogen-bond donors (Lipinski definition) is 1. The third-order valence-corrected chi connectivity index (χ3v) is 4.52. The standard InChI is InChI=1S/C21H23N3O3/c1-14-5-10-19(27-4)17(11-14)13-23(3)20(25)16-6-8-18(9-7-16)24-15(2)12-22-21(24)26/h5-12H,13H2,1-4H3,(H,22,26). The smallest absolute Gasteiger partial charge is 0.330 e. The van der Waals surface area contributed by atoms with Gasteiger partial charge in [0.05, 0.1) is 12.8 Å². The molecule has 6 heteroatoms. The summed E-state index contributed by atoms with van der Waals surface area (Å²) >= 11 is 0. The number of rotatable bonds is 5. The Kier molecular flexibility index (Phi) is 5.16. The lowest BCUT2D eigenvalue weighted by Crippen LogP contribution is -2.26. The van der Waals surface area contributed by atoms with Crippen LogP contribution in [0.1, 0.15) is 27.2 Å². The molecule has 6 nitrogen and oxygen atoms in total. The highest BCUT2D eigenvalue weighted by atomic mass is 16.5. The molecule has 3 rings (SSSR count). The van der Waals surface area contributed by atoms with E-state index in [0.29, 0.717) is 12.1 Å². The van der Waals surface area contributed by atoms with Crippen molar-refractivity contribution in [3.63, 3.8) is 0 Å². The van der Waals surface area contributed by atoms with Gasteiger partial charge in [0, 0.05) is 36.6 Å². The van der Waals surface area contributed by atoms with E-state index < -0.39 is 0 Å². The van der Waals surface area contributed by atoms with Crippen molar-refractivity contribution in [2.75, 3.05) is 14.2 Å². The molecule has 0 spiro atoms. The lowest BCUT2D eigenvalue weighted by Gasteiger charge is -2.19. The van der Waals surface area contributed by atoms with E-state index in [1.165, 1.54) is 0 Å². The first kappa shape index (κ1) is 18.5. The number of carbonyl (C=O) groups is 1. The van der Waals surface area contributed by atoms with E-state index in [9.17, 15) is 9.59 Å². The number of methoxy groups -OCH3 is 1. The fraction of sp³-hybridized carbons (Fsp3) is 0.238. The first-order valence-corrected chi connectivity index (χ1v) is 8.67. The third kappa shape index (κ3) is 3.79. The van der Waals surface area contributed by atoms with Gasteiger partial charge in [0.1, 0.15) is 5.75 Å². The van der Waals surface area contributed by atoms with Crippen molar-refractivity contribution in [2.24, 2.45) is 0 Å². The molecule has 1 N–H and O–H groups in total. The van der Waals surface area contributed by atoms with Crippen molar-refractivity contribution >= 4 is 5.91 Å². The molecule has 0 fully saturated rings. The molecule has 27 heavy (non-hydrogen) atoms. The molecule has 0 bridgehead atoms. The predicted octanol–water partition coefficient (Wildman–Crippen LogP) is 3.06. The lowest BCUT2D eigenvalue weighted by atomic mass is 10.1. The van der Waals surface area contributed by atoms with Crippen LogP contribution in [-0.2, 0) is 6.54 Å². The van der Waals surface area contributed by atoms with Crippen molar-refractivity contribution in [1.82, 2.24) is 14.5 Å². The Morgan fingerprint density at radius 3 is 2.44 bits per heavy atom. The number of nitrogens with zero attached hydrogens (tertiary/aromatic N) is 2. The molecular weight excluding hydrogens is 342 g/mol. The fourth-order valence-electron chi connectivity index (χ4n) is 3.11. The minimum atomic E-state index is -0.199. The van der Waals surface area contributed by atoms with Gasteiger partial charge in [0.25, 0.3) is 5.91 Å². The second kappa shape index (κ2) is 7.53. The molecule has 0 saturated heterocycles. The number of ether oxygens (including phenoxy) is 1. The molecule has 0 aliphatic heterocycles. The number of carbonyl (C=O) groups excluding carboxylic acids is 1. The minimum Gasteiger partial charge on any atom is -0.496 e. The van der Waals surface area contributed by atoms with E-state index in [0.717, 1.165) is 28.3 Å². The van der Waals surface area contributed by atoms with Gasteiger partial charge in [-0.3, -0.25) is 9.36 Å². The summed E-state index contributed by atoms with van der Waals surface area (Å²) in [5, 5.41) is 0. The number of imidazole rings is 1.